The number of hydrogen-bond acceptors (Lipinski definition) is 3. The summed E-state index contributed by atoms with van der Waals surface area (Å²) < 4.78 is 17.8. The summed E-state index contributed by atoms with van der Waals surface area (Å²) >= 11 is 0. The van der Waals surface area contributed by atoms with E-state index in [-0.39, 0.29) is 65.7 Å². The maximum atomic E-state index is 8.88. The second-order valence-electron chi connectivity index (χ2n) is 1.34. The summed E-state index contributed by atoms with van der Waals surface area (Å²) in [6.07, 6.45) is 0. The zero-order valence-electron chi connectivity index (χ0n) is 6.55. The molecule has 0 unspecified atom stereocenters. The second-order valence-corrected chi connectivity index (χ2v) is 3.40. The molecule has 0 spiro atoms. The molecule has 0 bridgehead atoms. The Bertz CT molecular complexity index is 148. The molecule has 0 rings (SSSR count). The van der Waals surface area contributed by atoms with Gasteiger partial charge >= 0.3 is 74.8 Å². The molecule has 13 heteroatoms. The van der Waals surface area contributed by atoms with Crippen LogP contribution in [0.15, 0.2) is 0 Å². The predicted octanol–water partition coefficient (Wildman–Crippen LogP) is -3.16. The summed E-state index contributed by atoms with van der Waals surface area (Å²) in [6, 6.07) is 0. The van der Waals surface area contributed by atoms with E-state index in [4.69, 9.17) is 43.6 Å². The minimum atomic E-state index is -4.64. The fourth-order valence-corrected chi connectivity index (χ4v) is 0. The van der Waals surface area contributed by atoms with Gasteiger partial charge in [0.15, 0.2) is 0 Å². The van der Waals surface area contributed by atoms with E-state index in [0.29, 0.717) is 0 Å². The topological polar surface area (TPSA) is 176 Å². The Balaban J connectivity index is -0.0000000322. The van der Waals surface area contributed by atoms with E-state index < -0.39 is 15.6 Å². The standard InChI is InChI=1S/C2H6O.2Na.2H3O4P.2H/c1-2-3;;;2*1-5(2,3)4;;/h3H,2H2,1H3;;;2*(H3,1,2,3,4);;. The number of phosphoric acid groups is 2. The van der Waals surface area contributed by atoms with Crippen molar-refractivity contribution in [2.75, 3.05) is 6.61 Å². The quantitative estimate of drug-likeness (QED) is 0.179. The predicted molar refractivity (Wildman–Crippen MR) is 55.6 cm³/mol. The molecule has 15 heavy (non-hydrogen) atoms. The molecule has 0 atom stereocenters. The molecule has 7 N–H and O–H groups in total. The number of aliphatic hydroxyl groups is 1. The molecule has 88 valence electrons. The first kappa shape index (κ1) is 30.3. The Morgan fingerprint density at radius 2 is 0.800 bits per heavy atom. The summed E-state index contributed by atoms with van der Waals surface area (Å²) in [5, 5.41) is 7.57. The van der Waals surface area contributed by atoms with Gasteiger partial charge in [-0.2, -0.15) is 0 Å². The van der Waals surface area contributed by atoms with Crippen LogP contribution in [-0.2, 0) is 9.13 Å². The van der Waals surface area contributed by atoms with E-state index in [0.717, 1.165) is 0 Å². The molecule has 0 heterocycles. The summed E-state index contributed by atoms with van der Waals surface area (Å²) in [5.74, 6) is 0. The first-order valence-corrected chi connectivity index (χ1v) is 5.72. The van der Waals surface area contributed by atoms with Gasteiger partial charge in [-0.3, -0.25) is 0 Å². The molecular weight excluding hydrogens is 276 g/mol. The summed E-state index contributed by atoms with van der Waals surface area (Å²) in [7, 11) is -9.28. The molecule has 9 nitrogen and oxygen atoms in total. The maximum absolute atomic E-state index is 8.88. The van der Waals surface area contributed by atoms with Gasteiger partial charge in [-0.25, -0.2) is 9.13 Å². The Kier molecular flexibility index (Phi) is 32.7. The van der Waals surface area contributed by atoms with Gasteiger partial charge in [-0.1, -0.05) is 0 Å². The zero-order chi connectivity index (χ0) is 11.7. The molecular formula is C2H14Na2O9P2. The SMILES string of the molecule is CCO.O=P(O)(O)O.O=P(O)(O)O.[NaH].[NaH]. The molecule has 0 saturated carbocycles. The van der Waals surface area contributed by atoms with E-state index >= 15 is 0 Å². The van der Waals surface area contributed by atoms with E-state index in [1.54, 1.807) is 6.92 Å². The van der Waals surface area contributed by atoms with Crippen LogP contribution in [0.25, 0.3) is 0 Å². The van der Waals surface area contributed by atoms with Crippen LogP contribution in [-0.4, -0.2) is 100 Å². The monoisotopic (exact) mass is 290 g/mol. The number of rotatable bonds is 0. The van der Waals surface area contributed by atoms with Crippen LogP contribution < -0.4 is 0 Å². The minimum absolute atomic E-state index is 0. The van der Waals surface area contributed by atoms with Crippen molar-refractivity contribution in [3.8, 4) is 0 Å². The van der Waals surface area contributed by atoms with Gasteiger partial charge in [0.1, 0.15) is 0 Å². The Labute approximate surface area is 131 Å². The number of aliphatic hydroxyl groups excluding tert-OH is 1. The number of hydrogen-bond donors (Lipinski definition) is 7. The Hall–Kier alpha value is 2.18. The summed E-state index contributed by atoms with van der Waals surface area (Å²) in [5.41, 5.74) is 0. The summed E-state index contributed by atoms with van der Waals surface area (Å²) in [4.78, 5) is 43.1. The van der Waals surface area contributed by atoms with Crippen LogP contribution >= 0.6 is 15.6 Å². The van der Waals surface area contributed by atoms with Crippen molar-refractivity contribution in [3.05, 3.63) is 0 Å². The molecule has 0 aromatic rings. The van der Waals surface area contributed by atoms with Gasteiger partial charge in [0, 0.05) is 6.61 Å². The Morgan fingerprint density at radius 1 is 0.800 bits per heavy atom. The van der Waals surface area contributed by atoms with Crippen molar-refractivity contribution in [2.45, 2.75) is 6.92 Å². The van der Waals surface area contributed by atoms with Gasteiger partial charge < -0.3 is 34.5 Å². The van der Waals surface area contributed by atoms with Crippen molar-refractivity contribution in [2.24, 2.45) is 0 Å². The van der Waals surface area contributed by atoms with Crippen molar-refractivity contribution in [1.29, 1.82) is 0 Å². The Morgan fingerprint density at radius 3 is 0.800 bits per heavy atom. The first-order valence-electron chi connectivity index (χ1n) is 2.59. The van der Waals surface area contributed by atoms with E-state index in [2.05, 4.69) is 0 Å². The third-order valence-electron chi connectivity index (χ3n) is 0. The van der Waals surface area contributed by atoms with Crippen LogP contribution in [0, 0.1) is 0 Å². The summed E-state index contributed by atoms with van der Waals surface area (Å²) in [6.45, 7) is 1.93. The van der Waals surface area contributed by atoms with Crippen molar-refractivity contribution in [3.63, 3.8) is 0 Å². The van der Waals surface area contributed by atoms with Crippen LogP contribution in [0.1, 0.15) is 6.92 Å². The van der Waals surface area contributed by atoms with Crippen molar-refractivity contribution < 1.29 is 43.6 Å². The van der Waals surface area contributed by atoms with E-state index in [1.807, 2.05) is 0 Å². The van der Waals surface area contributed by atoms with Gasteiger partial charge in [-0.05, 0) is 6.92 Å². The van der Waals surface area contributed by atoms with E-state index in [1.165, 1.54) is 0 Å². The third kappa shape index (κ3) is 685. The molecule has 0 aromatic carbocycles. The van der Waals surface area contributed by atoms with E-state index in [9.17, 15) is 0 Å². The fraction of sp³-hybridized carbons (Fsp3) is 1.00. The second kappa shape index (κ2) is 16.2. The average molecular weight is 290 g/mol. The average Bonchev–Trinajstić information content (AvgIpc) is 1.52. The molecule has 0 saturated heterocycles. The van der Waals surface area contributed by atoms with Crippen molar-refractivity contribution >= 4 is 74.8 Å². The molecule has 0 aliphatic carbocycles. The molecule has 0 aliphatic heterocycles. The first-order chi connectivity index (χ1) is 5.41. The van der Waals surface area contributed by atoms with Gasteiger partial charge in [0.2, 0.25) is 0 Å². The van der Waals surface area contributed by atoms with Crippen LogP contribution in [0.5, 0.6) is 0 Å². The normalized spacial score (nSPS) is 9.07. The fourth-order valence-electron chi connectivity index (χ4n) is 0. The molecule has 0 aliphatic rings. The van der Waals surface area contributed by atoms with Crippen LogP contribution in [0.2, 0.25) is 0 Å². The van der Waals surface area contributed by atoms with Crippen LogP contribution in [0.4, 0.5) is 0 Å². The van der Waals surface area contributed by atoms with Crippen molar-refractivity contribution in [1.82, 2.24) is 0 Å². The van der Waals surface area contributed by atoms with Gasteiger partial charge in [0.05, 0.1) is 0 Å². The van der Waals surface area contributed by atoms with Gasteiger partial charge in [0.25, 0.3) is 0 Å². The molecule has 0 fully saturated rings. The van der Waals surface area contributed by atoms with Crippen LogP contribution in [0.3, 0.4) is 0 Å². The molecule has 0 aromatic heterocycles. The zero-order valence-corrected chi connectivity index (χ0v) is 8.34. The molecule has 0 radical (unpaired) electrons. The van der Waals surface area contributed by atoms with Gasteiger partial charge in [-0.15, -0.1) is 0 Å². The molecule has 0 amide bonds. The third-order valence-corrected chi connectivity index (χ3v) is 0.